The van der Waals surface area contributed by atoms with Crippen LogP contribution in [0.3, 0.4) is 0 Å². The van der Waals surface area contributed by atoms with E-state index in [1.807, 2.05) is 11.9 Å². The zero-order chi connectivity index (χ0) is 24.8. The molecule has 3 rings (SSSR count). The summed E-state index contributed by atoms with van der Waals surface area (Å²) in [6.45, 7) is -2.96. The van der Waals surface area contributed by atoms with Gasteiger partial charge in [-0.15, -0.1) is 0 Å². The van der Waals surface area contributed by atoms with Gasteiger partial charge in [-0.05, 0) is 38.1 Å². The summed E-state index contributed by atoms with van der Waals surface area (Å²) < 4.78 is 76.5. The van der Waals surface area contributed by atoms with E-state index in [0.717, 1.165) is 6.07 Å². The lowest BCUT2D eigenvalue weighted by molar-refractivity contribution is -0.171. The van der Waals surface area contributed by atoms with Gasteiger partial charge in [0.2, 0.25) is 0 Å². The number of amides is 1. The van der Waals surface area contributed by atoms with Crippen LogP contribution in [0.1, 0.15) is 28.7 Å². The summed E-state index contributed by atoms with van der Waals surface area (Å²) in [6.07, 6.45) is -6.95. The molecule has 1 aromatic rings. The molecule has 2 heterocycles. The summed E-state index contributed by atoms with van der Waals surface area (Å²) in [5, 5.41) is 9.63. The van der Waals surface area contributed by atoms with Crippen LogP contribution >= 0.6 is 0 Å². The normalized spacial score (nSPS) is 24.8. The van der Waals surface area contributed by atoms with Gasteiger partial charge in [0.25, 0.3) is 0 Å². The molecule has 160 valence electrons. The molecule has 0 saturated carbocycles. The topological polar surface area (TPSA) is 73.3 Å². The van der Waals surface area contributed by atoms with E-state index in [1.54, 1.807) is 0 Å². The summed E-state index contributed by atoms with van der Waals surface area (Å²) in [5.74, 6) is -3.98. The fraction of sp³-hybridized carbons (Fsp3) is 0.579. The number of carboxylic acids is 1. The van der Waals surface area contributed by atoms with Crippen LogP contribution in [0.2, 0.25) is 0 Å². The average Bonchev–Trinajstić information content (AvgIpc) is 2.65. The number of halogens is 3. The van der Waals surface area contributed by atoms with E-state index >= 15 is 0 Å². The molecule has 1 aromatic carbocycles. The SMILES string of the molecule is [2H]C1([2H])CC(N(C(=O)C(F)(F)F)c2cc(N3CCN(C)CC3)ccc2C(=O)O)CC([2H])([2H])O1. The molecule has 0 radical (unpaired) electrons. The minimum atomic E-state index is -5.41. The number of piperazine rings is 1. The number of likely N-dealkylation sites (N-methyl/N-ethyl adjacent to an activating group) is 1. The Morgan fingerprint density at radius 1 is 1.21 bits per heavy atom. The highest BCUT2D eigenvalue weighted by Gasteiger charge is 2.46. The monoisotopic (exact) mass is 419 g/mol. The standard InChI is InChI=1S/C19H24F3N3O4/c1-23-6-8-24(9-7-23)14-2-3-15(17(26)27)16(12-14)25(18(28)19(20,21)22)13-4-10-29-11-5-13/h2-3,12-13H,4-11H2,1H3,(H,26,27)/i10D2,11D2. The van der Waals surface area contributed by atoms with Gasteiger partial charge < -0.3 is 24.5 Å². The van der Waals surface area contributed by atoms with E-state index in [9.17, 15) is 27.9 Å². The summed E-state index contributed by atoms with van der Waals surface area (Å²) >= 11 is 0. The maximum atomic E-state index is 13.6. The summed E-state index contributed by atoms with van der Waals surface area (Å²) in [5.41, 5.74) is -0.751. The zero-order valence-electron chi connectivity index (χ0n) is 19.7. The number of carbonyl (C=O) groups excluding carboxylic acids is 1. The number of nitrogens with zero attached hydrogens (tertiary/aromatic N) is 3. The predicted molar refractivity (Wildman–Crippen MR) is 100 cm³/mol. The van der Waals surface area contributed by atoms with Crippen LogP contribution in [0.4, 0.5) is 24.5 Å². The molecule has 2 aliphatic rings. The number of hydrogen-bond donors (Lipinski definition) is 1. The molecule has 29 heavy (non-hydrogen) atoms. The number of anilines is 2. The number of carboxylic acid groups (broad SMARTS) is 1. The Morgan fingerprint density at radius 2 is 1.83 bits per heavy atom. The maximum Gasteiger partial charge on any atom is 0.471 e. The van der Waals surface area contributed by atoms with E-state index in [1.165, 1.54) is 12.1 Å². The molecular weight excluding hydrogens is 391 g/mol. The second kappa shape index (κ2) is 8.58. The van der Waals surface area contributed by atoms with Crippen LogP contribution in [0, 0.1) is 0 Å². The number of aromatic carboxylic acids is 1. The highest BCUT2D eigenvalue weighted by Crippen LogP contribution is 2.34. The summed E-state index contributed by atoms with van der Waals surface area (Å²) in [7, 11) is 1.91. The minimum Gasteiger partial charge on any atom is -0.478 e. The predicted octanol–water partition coefficient (Wildman–Crippen LogP) is 2.21. The van der Waals surface area contributed by atoms with Gasteiger partial charge in [-0.2, -0.15) is 13.2 Å². The van der Waals surface area contributed by atoms with Gasteiger partial charge >= 0.3 is 18.1 Å². The highest BCUT2D eigenvalue weighted by molar-refractivity contribution is 6.05. The largest absolute Gasteiger partial charge is 0.478 e. The Morgan fingerprint density at radius 3 is 2.38 bits per heavy atom. The van der Waals surface area contributed by atoms with Gasteiger partial charge in [-0.1, -0.05) is 0 Å². The molecule has 2 fully saturated rings. The van der Waals surface area contributed by atoms with Crippen molar-refractivity contribution in [2.24, 2.45) is 0 Å². The Labute approximate surface area is 172 Å². The summed E-state index contributed by atoms with van der Waals surface area (Å²) in [6, 6.07) is 2.07. The third-order valence-electron chi connectivity index (χ3n) is 4.95. The van der Waals surface area contributed by atoms with Crippen molar-refractivity contribution in [2.45, 2.75) is 25.1 Å². The van der Waals surface area contributed by atoms with Crippen LogP contribution in [-0.4, -0.2) is 80.4 Å². The third-order valence-corrected chi connectivity index (χ3v) is 4.95. The third kappa shape index (κ3) is 4.81. The van der Waals surface area contributed by atoms with Crippen molar-refractivity contribution < 1.29 is 38.1 Å². The van der Waals surface area contributed by atoms with Gasteiger partial charge in [-0.25, -0.2) is 4.79 Å². The molecule has 2 saturated heterocycles. The van der Waals surface area contributed by atoms with Crippen molar-refractivity contribution in [3.05, 3.63) is 23.8 Å². The van der Waals surface area contributed by atoms with Crippen molar-refractivity contribution in [3.63, 3.8) is 0 Å². The van der Waals surface area contributed by atoms with Gasteiger partial charge in [0.05, 0.1) is 16.7 Å². The number of hydrogen-bond acceptors (Lipinski definition) is 5. The van der Waals surface area contributed by atoms with Crippen molar-refractivity contribution >= 4 is 23.3 Å². The van der Waals surface area contributed by atoms with E-state index in [0.29, 0.717) is 31.9 Å². The number of benzene rings is 1. The van der Waals surface area contributed by atoms with Crippen molar-refractivity contribution in [3.8, 4) is 0 Å². The van der Waals surface area contributed by atoms with Gasteiger partial charge in [0.15, 0.2) is 0 Å². The van der Waals surface area contributed by atoms with Gasteiger partial charge in [0.1, 0.15) is 0 Å². The number of carbonyl (C=O) groups is 2. The zero-order valence-corrected chi connectivity index (χ0v) is 15.7. The van der Waals surface area contributed by atoms with Gasteiger partial charge in [0, 0.05) is 51.0 Å². The molecule has 2 aliphatic heterocycles. The quantitative estimate of drug-likeness (QED) is 0.807. The molecule has 0 aromatic heterocycles. The molecule has 7 nitrogen and oxygen atoms in total. The first-order valence-electron chi connectivity index (χ1n) is 11.0. The highest BCUT2D eigenvalue weighted by atomic mass is 19.4. The number of ether oxygens (including phenoxy) is 1. The number of rotatable bonds is 4. The van der Waals surface area contributed by atoms with E-state index in [-0.39, 0.29) is 4.90 Å². The minimum absolute atomic E-state index is 0.168. The Hall–Kier alpha value is -2.33. The molecule has 1 amide bonds. The van der Waals surface area contributed by atoms with Crippen molar-refractivity contribution in [1.29, 1.82) is 0 Å². The van der Waals surface area contributed by atoms with Crippen LogP contribution in [-0.2, 0) is 9.53 Å². The van der Waals surface area contributed by atoms with E-state index in [4.69, 9.17) is 5.48 Å². The second-order valence-corrected chi connectivity index (χ2v) is 6.92. The van der Waals surface area contributed by atoms with Crippen molar-refractivity contribution in [2.75, 3.05) is 56.1 Å². The molecule has 0 bridgehead atoms. The Kier molecular flexibility index (Phi) is 4.87. The summed E-state index contributed by atoms with van der Waals surface area (Å²) in [4.78, 5) is 28.4. The molecule has 1 N–H and O–H groups in total. The van der Waals surface area contributed by atoms with E-state index < -0.39 is 61.3 Å². The fourth-order valence-electron chi connectivity index (χ4n) is 3.35. The maximum absolute atomic E-state index is 13.6. The van der Waals surface area contributed by atoms with Crippen LogP contribution in [0.25, 0.3) is 0 Å². The smallest absolute Gasteiger partial charge is 0.471 e. The molecule has 0 unspecified atom stereocenters. The number of alkyl halides is 3. The van der Waals surface area contributed by atoms with Crippen LogP contribution in [0.5, 0.6) is 0 Å². The molecule has 10 heteroatoms. The van der Waals surface area contributed by atoms with Gasteiger partial charge in [-0.3, -0.25) is 4.79 Å². The van der Waals surface area contributed by atoms with Crippen LogP contribution < -0.4 is 9.80 Å². The molecular formula is C19H24F3N3O4. The Balaban J connectivity index is 2.13. The van der Waals surface area contributed by atoms with Crippen LogP contribution in [0.15, 0.2) is 18.2 Å². The second-order valence-electron chi connectivity index (χ2n) is 6.92. The Bertz CT molecular complexity index is 908. The molecule has 0 aliphatic carbocycles. The first-order chi connectivity index (χ1) is 15.1. The molecule has 0 atom stereocenters. The lowest BCUT2D eigenvalue weighted by Crippen LogP contribution is -2.50. The first-order valence-corrected chi connectivity index (χ1v) is 9.01. The van der Waals surface area contributed by atoms with E-state index in [2.05, 4.69) is 9.64 Å². The first kappa shape index (κ1) is 16.5. The average molecular weight is 419 g/mol. The lowest BCUT2D eigenvalue weighted by atomic mass is 10.0. The lowest BCUT2D eigenvalue weighted by Gasteiger charge is -2.37. The molecule has 0 spiro atoms. The fourth-order valence-corrected chi connectivity index (χ4v) is 3.35. The van der Waals surface area contributed by atoms with Crippen molar-refractivity contribution in [1.82, 2.24) is 4.90 Å².